The van der Waals surface area contributed by atoms with E-state index in [0.29, 0.717) is 12.2 Å². The van der Waals surface area contributed by atoms with Crippen molar-refractivity contribution < 1.29 is 14.3 Å². The third-order valence-corrected chi connectivity index (χ3v) is 4.48. The number of anilines is 1. The second-order valence-electron chi connectivity index (χ2n) is 7.85. The minimum Gasteiger partial charge on any atom is -0.444 e. The average Bonchev–Trinajstić information content (AvgIpc) is 2.95. The van der Waals surface area contributed by atoms with Crippen molar-refractivity contribution in [3.8, 4) is 0 Å². The molecule has 3 amide bonds. The first-order valence-corrected chi connectivity index (χ1v) is 8.88. The lowest BCUT2D eigenvalue weighted by Gasteiger charge is -2.42. The Morgan fingerprint density at radius 2 is 2.00 bits per heavy atom. The van der Waals surface area contributed by atoms with Gasteiger partial charge in [-0.1, -0.05) is 6.07 Å². The van der Waals surface area contributed by atoms with E-state index < -0.39 is 17.2 Å². The van der Waals surface area contributed by atoms with Gasteiger partial charge in [0.1, 0.15) is 5.60 Å². The van der Waals surface area contributed by atoms with Crippen LogP contribution in [0.25, 0.3) is 10.9 Å². The second-order valence-corrected chi connectivity index (χ2v) is 7.85. The lowest BCUT2D eigenvalue weighted by Crippen LogP contribution is -2.60. The van der Waals surface area contributed by atoms with E-state index in [1.807, 2.05) is 51.2 Å². The van der Waals surface area contributed by atoms with Gasteiger partial charge in [0.05, 0.1) is 5.54 Å². The average molecular weight is 358 g/mol. The molecular formula is C19H26N4O3. The van der Waals surface area contributed by atoms with Gasteiger partial charge in [-0.3, -0.25) is 0 Å². The van der Waals surface area contributed by atoms with Crippen LogP contribution >= 0.6 is 0 Å². The summed E-state index contributed by atoms with van der Waals surface area (Å²) in [7, 11) is 0. The van der Waals surface area contributed by atoms with E-state index in [2.05, 4.69) is 20.9 Å². The summed E-state index contributed by atoms with van der Waals surface area (Å²) in [5.41, 5.74) is 0.699. The molecule has 1 aliphatic rings. The van der Waals surface area contributed by atoms with Gasteiger partial charge in [-0.25, -0.2) is 9.59 Å². The zero-order valence-electron chi connectivity index (χ0n) is 15.4. The molecule has 1 aromatic heterocycles. The van der Waals surface area contributed by atoms with Crippen molar-refractivity contribution >= 4 is 28.7 Å². The van der Waals surface area contributed by atoms with Crippen LogP contribution in [0.3, 0.4) is 0 Å². The number of aromatic nitrogens is 1. The Morgan fingerprint density at radius 1 is 1.23 bits per heavy atom. The van der Waals surface area contributed by atoms with Crippen LogP contribution in [0.4, 0.5) is 15.3 Å². The molecule has 1 heterocycles. The minimum atomic E-state index is -0.545. The highest BCUT2D eigenvalue weighted by Crippen LogP contribution is 2.31. The maximum absolute atomic E-state index is 12.2. The van der Waals surface area contributed by atoms with E-state index in [1.54, 1.807) is 0 Å². The molecule has 1 aliphatic carbocycles. The molecular weight excluding hydrogens is 332 g/mol. The predicted molar refractivity (Wildman–Crippen MR) is 101 cm³/mol. The monoisotopic (exact) mass is 358 g/mol. The highest BCUT2D eigenvalue weighted by molar-refractivity contribution is 5.92. The van der Waals surface area contributed by atoms with Gasteiger partial charge in [-0.15, -0.1) is 0 Å². The Morgan fingerprint density at radius 3 is 2.65 bits per heavy atom. The van der Waals surface area contributed by atoms with Gasteiger partial charge in [0, 0.05) is 23.9 Å². The van der Waals surface area contributed by atoms with Crippen LogP contribution in [0, 0.1) is 0 Å². The Bertz CT molecular complexity index is 802. The minimum absolute atomic E-state index is 0.298. The van der Waals surface area contributed by atoms with Crippen molar-refractivity contribution in [2.45, 2.75) is 51.2 Å². The molecule has 0 atom stereocenters. The number of aromatic amines is 1. The highest BCUT2D eigenvalue weighted by Gasteiger charge is 2.39. The van der Waals surface area contributed by atoms with Crippen LogP contribution in [0.2, 0.25) is 0 Å². The first-order chi connectivity index (χ1) is 12.2. The molecule has 0 spiro atoms. The summed E-state index contributed by atoms with van der Waals surface area (Å²) in [6, 6.07) is 7.36. The Balaban J connectivity index is 1.52. The summed E-state index contributed by atoms with van der Waals surface area (Å²) in [6.45, 7) is 5.84. The number of alkyl carbamates (subject to hydrolysis) is 1. The van der Waals surface area contributed by atoms with Crippen LogP contribution in [0.15, 0.2) is 30.5 Å². The molecule has 3 rings (SSSR count). The van der Waals surface area contributed by atoms with E-state index in [4.69, 9.17) is 4.74 Å². The predicted octanol–water partition coefficient (Wildman–Crippen LogP) is 3.74. The number of carbonyl (C=O) groups excluding carboxylic acids is 2. The first-order valence-electron chi connectivity index (χ1n) is 8.88. The smallest absolute Gasteiger partial charge is 0.408 e. The topological polar surface area (TPSA) is 95.2 Å². The Labute approximate surface area is 152 Å². The van der Waals surface area contributed by atoms with Gasteiger partial charge in [0.25, 0.3) is 0 Å². The van der Waals surface area contributed by atoms with E-state index in [0.717, 1.165) is 30.2 Å². The molecule has 0 saturated heterocycles. The number of ether oxygens (including phenoxy) is 1. The van der Waals surface area contributed by atoms with E-state index in [9.17, 15) is 9.59 Å². The number of fused-ring (bicyclic) bond motifs is 1. The lowest BCUT2D eigenvalue weighted by atomic mass is 9.77. The standard InChI is InChI=1S/C19H26N4O3/c1-18(2,3)26-17(25)23-19(8-4-9-19)12-21-16(24)22-14-6-5-13-7-10-20-15(13)11-14/h5-7,10-11,20H,4,8-9,12H2,1-3H3,(H,23,25)(H2,21,22,24). The van der Waals surface area contributed by atoms with Crippen LogP contribution in [0.1, 0.15) is 40.0 Å². The van der Waals surface area contributed by atoms with E-state index >= 15 is 0 Å². The fourth-order valence-corrected chi connectivity index (χ4v) is 3.02. The molecule has 4 N–H and O–H groups in total. The number of urea groups is 1. The molecule has 7 heteroatoms. The Kier molecular flexibility index (Phi) is 4.80. The molecule has 0 aliphatic heterocycles. The second kappa shape index (κ2) is 6.90. The lowest BCUT2D eigenvalue weighted by molar-refractivity contribution is 0.0385. The van der Waals surface area contributed by atoms with E-state index in [1.165, 1.54) is 0 Å². The molecule has 140 valence electrons. The first kappa shape index (κ1) is 18.1. The van der Waals surface area contributed by atoms with Crippen molar-refractivity contribution in [3.63, 3.8) is 0 Å². The molecule has 1 aromatic carbocycles. The van der Waals surface area contributed by atoms with Crippen molar-refractivity contribution in [3.05, 3.63) is 30.5 Å². The zero-order chi connectivity index (χ0) is 18.8. The molecule has 1 saturated carbocycles. The summed E-state index contributed by atoms with van der Waals surface area (Å²) in [4.78, 5) is 27.4. The van der Waals surface area contributed by atoms with Crippen LogP contribution in [-0.2, 0) is 4.74 Å². The number of hydrogen-bond acceptors (Lipinski definition) is 3. The van der Waals surface area contributed by atoms with Gasteiger partial charge >= 0.3 is 12.1 Å². The number of benzene rings is 1. The van der Waals surface area contributed by atoms with Crippen molar-refractivity contribution in [1.29, 1.82) is 0 Å². The third kappa shape index (κ3) is 4.47. The zero-order valence-corrected chi connectivity index (χ0v) is 15.4. The number of amides is 3. The fourth-order valence-electron chi connectivity index (χ4n) is 3.02. The summed E-state index contributed by atoms with van der Waals surface area (Å²) in [5.74, 6) is 0. The molecule has 0 unspecified atom stereocenters. The van der Waals surface area contributed by atoms with Gasteiger partial charge in [-0.05, 0) is 63.6 Å². The van der Waals surface area contributed by atoms with Crippen molar-refractivity contribution in [2.24, 2.45) is 0 Å². The Hall–Kier alpha value is -2.70. The number of hydrogen-bond donors (Lipinski definition) is 4. The molecule has 0 radical (unpaired) electrons. The molecule has 1 fully saturated rings. The third-order valence-electron chi connectivity index (χ3n) is 4.48. The van der Waals surface area contributed by atoms with Crippen LogP contribution < -0.4 is 16.0 Å². The highest BCUT2D eigenvalue weighted by atomic mass is 16.6. The summed E-state index contributed by atoms with van der Waals surface area (Å²) < 4.78 is 5.32. The number of carbonyl (C=O) groups is 2. The molecule has 2 aromatic rings. The largest absolute Gasteiger partial charge is 0.444 e. The number of nitrogens with one attached hydrogen (secondary N) is 4. The van der Waals surface area contributed by atoms with E-state index in [-0.39, 0.29) is 6.03 Å². The van der Waals surface area contributed by atoms with Crippen LogP contribution in [-0.4, -0.2) is 34.8 Å². The quantitative estimate of drug-likeness (QED) is 0.670. The van der Waals surface area contributed by atoms with Gasteiger partial charge in [0.15, 0.2) is 0 Å². The summed E-state index contributed by atoms with van der Waals surface area (Å²) in [6.07, 6.45) is 4.07. The summed E-state index contributed by atoms with van der Waals surface area (Å²) in [5, 5.41) is 9.68. The number of H-pyrrole nitrogens is 1. The maximum Gasteiger partial charge on any atom is 0.408 e. The molecule has 7 nitrogen and oxygen atoms in total. The molecule has 0 bridgehead atoms. The summed E-state index contributed by atoms with van der Waals surface area (Å²) >= 11 is 0. The van der Waals surface area contributed by atoms with Gasteiger partial charge in [-0.2, -0.15) is 0 Å². The fraction of sp³-hybridized carbons (Fsp3) is 0.474. The van der Waals surface area contributed by atoms with Crippen molar-refractivity contribution in [2.75, 3.05) is 11.9 Å². The SMILES string of the molecule is CC(C)(C)OC(=O)NC1(CNC(=O)Nc2ccc3cc[nH]c3c2)CCC1. The molecule has 26 heavy (non-hydrogen) atoms. The van der Waals surface area contributed by atoms with Crippen LogP contribution in [0.5, 0.6) is 0 Å². The van der Waals surface area contributed by atoms with Crippen molar-refractivity contribution in [1.82, 2.24) is 15.6 Å². The number of rotatable bonds is 4. The van der Waals surface area contributed by atoms with Gasteiger partial charge in [0.2, 0.25) is 0 Å². The maximum atomic E-state index is 12.2. The van der Waals surface area contributed by atoms with Gasteiger partial charge < -0.3 is 25.7 Å². The normalized spacial score (nSPS) is 15.8.